The number of hydrogen-bond donors (Lipinski definition) is 0. The first-order valence-electron chi connectivity index (χ1n) is 8.40. The Kier molecular flexibility index (Phi) is 3.69. The van der Waals surface area contributed by atoms with Crippen LogP contribution in [0.4, 0.5) is 0 Å². The first-order chi connectivity index (χ1) is 11.7. The standard InChI is InChI=1S/C20H20N2O2/c1-21-12-10-14-6-2-3-7-15(14)18(21)11-13-22-19(23)16-8-4-5-9-17(16)20(22)24/h2-9,18H,10-13H2,1H3. The number of carbonyl (C=O) groups excluding carboxylic acids is 2. The van der Waals surface area contributed by atoms with Gasteiger partial charge in [0.2, 0.25) is 0 Å². The van der Waals surface area contributed by atoms with Crippen molar-refractivity contribution in [1.82, 2.24) is 9.80 Å². The van der Waals surface area contributed by atoms with E-state index in [9.17, 15) is 9.59 Å². The number of nitrogens with zero attached hydrogens (tertiary/aromatic N) is 2. The highest BCUT2D eigenvalue weighted by Crippen LogP contribution is 2.32. The number of benzene rings is 2. The molecular formula is C20H20N2O2. The predicted molar refractivity (Wildman–Crippen MR) is 91.9 cm³/mol. The van der Waals surface area contributed by atoms with Crippen molar-refractivity contribution in [3.8, 4) is 0 Å². The monoisotopic (exact) mass is 320 g/mol. The highest BCUT2D eigenvalue weighted by atomic mass is 16.2. The summed E-state index contributed by atoms with van der Waals surface area (Å²) in [7, 11) is 2.11. The lowest BCUT2D eigenvalue weighted by molar-refractivity contribution is 0.0636. The van der Waals surface area contributed by atoms with E-state index in [0.29, 0.717) is 17.7 Å². The van der Waals surface area contributed by atoms with Gasteiger partial charge < -0.3 is 0 Å². The summed E-state index contributed by atoms with van der Waals surface area (Å²) in [4.78, 5) is 28.7. The van der Waals surface area contributed by atoms with Crippen molar-refractivity contribution in [2.45, 2.75) is 18.9 Å². The number of rotatable bonds is 3. The van der Waals surface area contributed by atoms with Gasteiger partial charge in [-0.1, -0.05) is 36.4 Å². The lowest BCUT2D eigenvalue weighted by Gasteiger charge is -2.35. The van der Waals surface area contributed by atoms with Gasteiger partial charge in [-0.3, -0.25) is 19.4 Å². The molecule has 0 spiro atoms. The van der Waals surface area contributed by atoms with Crippen LogP contribution in [0.1, 0.15) is 44.3 Å². The number of fused-ring (bicyclic) bond motifs is 2. The fourth-order valence-electron chi connectivity index (χ4n) is 3.85. The van der Waals surface area contributed by atoms with Crippen LogP contribution in [0.25, 0.3) is 0 Å². The summed E-state index contributed by atoms with van der Waals surface area (Å²) in [5, 5.41) is 0. The van der Waals surface area contributed by atoms with Crippen LogP contribution in [-0.2, 0) is 6.42 Å². The molecule has 4 heteroatoms. The third-order valence-corrected chi connectivity index (χ3v) is 5.18. The Bertz CT molecular complexity index is 780. The molecule has 2 aromatic rings. The van der Waals surface area contributed by atoms with E-state index in [-0.39, 0.29) is 17.9 Å². The zero-order valence-electron chi connectivity index (χ0n) is 13.7. The molecule has 1 unspecified atom stereocenters. The normalized spacial score (nSPS) is 20.2. The average molecular weight is 320 g/mol. The molecule has 0 fully saturated rings. The molecule has 2 aliphatic rings. The Hall–Kier alpha value is -2.46. The van der Waals surface area contributed by atoms with Crippen LogP contribution in [0.5, 0.6) is 0 Å². The quantitative estimate of drug-likeness (QED) is 0.817. The van der Waals surface area contributed by atoms with Crippen molar-refractivity contribution in [3.05, 3.63) is 70.8 Å². The minimum atomic E-state index is -0.164. The number of carbonyl (C=O) groups is 2. The smallest absolute Gasteiger partial charge is 0.261 e. The first kappa shape index (κ1) is 15.1. The Balaban J connectivity index is 1.54. The molecule has 4 rings (SSSR count). The fraction of sp³-hybridized carbons (Fsp3) is 0.300. The Labute approximate surface area is 141 Å². The second kappa shape index (κ2) is 5.87. The minimum absolute atomic E-state index is 0.164. The average Bonchev–Trinajstić information content (AvgIpc) is 2.86. The van der Waals surface area contributed by atoms with Crippen molar-refractivity contribution >= 4 is 11.8 Å². The van der Waals surface area contributed by atoms with E-state index < -0.39 is 0 Å². The van der Waals surface area contributed by atoms with Gasteiger partial charge in [-0.15, -0.1) is 0 Å². The maximum atomic E-state index is 12.5. The van der Waals surface area contributed by atoms with Crippen molar-refractivity contribution in [1.29, 1.82) is 0 Å². The molecule has 0 aliphatic carbocycles. The van der Waals surface area contributed by atoms with Gasteiger partial charge in [-0.25, -0.2) is 0 Å². The molecule has 2 aromatic carbocycles. The van der Waals surface area contributed by atoms with Crippen LogP contribution in [-0.4, -0.2) is 41.8 Å². The van der Waals surface area contributed by atoms with E-state index >= 15 is 0 Å². The summed E-state index contributed by atoms with van der Waals surface area (Å²) < 4.78 is 0. The number of likely N-dealkylation sites (N-methyl/N-ethyl adjacent to an activating group) is 1. The number of hydrogen-bond acceptors (Lipinski definition) is 3. The molecule has 1 atom stereocenters. The molecule has 0 bridgehead atoms. The van der Waals surface area contributed by atoms with Crippen LogP contribution in [0.3, 0.4) is 0 Å². The molecule has 4 nitrogen and oxygen atoms in total. The predicted octanol–water partition coefficient (Wildman–Crippen LogP) is 2.90. The summed E-state index contributed by atoms with van der Waals surface area (Å²) in [6.07, 6.45) is 1.81. The van der Waals surface area contributed by atoms with Gasteiger partial charge in [0.1, 0.15) is 0 Å². The molecule has 0 aromatic heterocycles. The van der Waals surface area contributed by atoms with Gasteiger partial charge in [-0.05, 0) is 43.1 Å². The third kappa shape index (κ3) is 2.34. The van der Waals surface area contributed by atoms with E-state index in [1.807, 2.05) is 0 Å². The zero-order valence-corrected chi connectivity index (χ0v) is 13.7. The largest absolute Gasteiger partial charge is 0.299 e. The van der Waals surface area contributed by atoms with Crippen LogP contribution >= 0.6 is 0 Å². The van der Waals surface area contributed by atoms with Crippen LogP contribution in [0.15, 0.2) is 48.5 Å². The second-order valence-electron chi connectivity index (χ2n) is 6.54. The topological polar surface area (TPSA) is 40.6 Å². The van der Waals surface area contributed by atoms with Gasteiger partial charge in [0.15, 0.2) is 0 Å². The SMILES string of the molecule is CN1CCc2ccccc2C1CCN1C(=O)c2ccccc2C1=O. The maximum Gasteiger partial charge on any atom is 0.261 e. The molecule has 0 N–H and O–H groups in total. The molecule has 2 amide bonds. The molecule has 2 aliphatic heterocycles. The summed E-state index contributed by atoms with van der Waals surface area (Å²) in [5.74, 6) is -0.329. The first-order valence-corrected chi connectivity index (χ1v) is 8.40. The van der Waals surface area contributed by atoms with Crippen LogP contribution in [0.2, 0.25) is 0 Å². The van der Waals surface area contributed by atoms with E-state index in [2.05, 4.69) is 36.2 Å². The van der Waals surface area contributed by atoms with Crippen LogP contribution < -0.4 is 0 Å². The number of imide groups is 1. The Morgan fingerprint density at radius 2 is 1.58 bits per heavy atom. The third-order valence-electron chi connectivity index (χ3n) is 5.18. The molecule has 0 saturated carbocycles. The van der Waals surface area contributed by atoms with Gasteiger partial charge in [0.25, 0.3) is 11.8 Å². The summed E-state index contributed by atoms with van der Waals surface area (Å²) in [6.45, 7) is 1.46. The van der Waals surface area contributed by atoms with Crippen LogP contribution in [0, 0.1) is 0 Å². The molecule has 2 heterocycles. The molecule has 0 saturated heterocycles. The Morgan fingerprint density at radius 1 is 0.958 bits per heavy atom. The van der Waals surface area contributed by atoms with Crippen molar-refractivity contribution in [2.75, 3.05) is 20.1 Å². The van der Waals surface area contributed by atoms with Crippen molar-refractivity contribution in [3.63, 3.8) is 0 Å². The van der Waals surface area contributed by atoms with E-state index in [0.717, 1.165) is 19.4 Å². The Morgan fingerprint density at radius 3 is 2.29 bits per heavy atom. The van der Waals surface area contributed by atoms with Gasteiger partial charge in [0.05, 0.1) is 11.1 Å². The summed E-state index contributed by atoms with van der Waals surface area (Å²) in [5.41, 5.74) is 3.76. The van der Waals surface area contributed by atoms with E-state index in [1.54, 1.807) is 24.3 Å². The molecular weight excluding hydrogens is 300 g/mol. The summed E-state index contributed by atoms with van der Waals surface area (Å²) >= 11 is 0. The minimum Gasteiger partial charge on any atom is -0.299 e. The molecule has 0 radical (unpaired) electrons. The van der Waals surface area contributed by atoms with Crippen molar-refractivity contribution in [2.24, 2.45) is 0 Å². The molecule has 122 valence electrons. The number of amides is 2. The van der Waals surface area contributed by atoms with Gasteiger partial charge in [-0.2, -0.15) is 0 Å². The molecule has 24 heavy (non-hydrogen) atoms. The van der Waals surface area contributed by atoms with E-state index in [1.165, 1.54) is 16.0 Å². The second-order valence-corrected chi connectivity index (χ2v) is 6.54. The van der Waals surface area contributed by atoms with Crippen molar-refractivity contribution < 1.29 is 9.59 Å². The highest BCUT2D eigenvalue weighted by Gasteiger charge is 2.36. The zero-order chi connectivity index (χ0) is 16.7. The highest BCUT2D eigenvalue weighted by molar-refractivity contribution is 6.21. The maximum absolute atomic E-state index is 12.5. The van der Waals surface area contributed by atoms with E-state index in [4.69, 9.17) is 0 Å². The van der Waals surface area contributed by atoms with Gasteiger partial charge >= 0.3 is 0 Å². The summed E-state index contributed by atoms with van der Waals surface area (Å²) in [6, 6.07) is 15.8. The fourth-order valence-corrected chi connectivity index (χ4v) is 3.85. The van der Waals surface area contributed by atoms with Gasteiger partial charge in [0, 0.05) is 19.1 Å². The lowest BCUT2D eigenvalue weighted by atomic mass is 9.91. The lowest BCUT2D eigenvalue weighted by Crippen LogP contribution is -2.37.